The maximum absolute atomic E-state index is 12.7. The third-order valence-corrected chi connectivity index (χ3v) is 5.55. The standard InChI is InChI=1S/C15H13N3O4S/c1-18-10-6-2-3-7-11(10)23(21,22)13(15(18)20)14(19)17-12-8-4-5-9-16-12/h2-9,13H,1H3,(H,16,17,19). The van der Waals surface area contributed by atoms with Gasteiger partial charge in [-0.3, -0.25) is 9.59 Å². The molecule has 1 aromatic carbocycles. The Morgan fingerprint density at radius 1 is 1.17 bits per heavy atom. The summed E-state index contributed by atoms with van der Waals surface area (Å²) in [5.74, 6) is -1.53. The molecule has 1 atom stereocenters. The van der Waals surface area contributed by atoms with Gasteiger partial charge >= 0.3 is 0 Å². The van der Waals surface area contributed by atoms with Crippen molar-refractivity contribution in [2.75, 3.05) is 17.3 Å². The summed E-state index contributed by atoms with van der Waals surface area (Å²) in [4.78, 5) is 29.8. The van der Waals surface area contributed by atoms with Gasteiger partial charge in [0.25, 0.3) is 11.8 Å². The van der Waals surface area contributed by atoms with E-state index in [-0.39, 0.29) is 16.4 Å². The smallest absolute Gasteiger partial charge is 0.255 e. The van der Waals surface area contributed by atoms with Crippen LogP contribution >= 0.6 is 0 Å². The molecule has 23 heavy (non-hydrogen) atoms. The summed E-state index contributed by atoms with van der Waals surface area (Å²) < 4.78 is 25.3. The van der Waals surface area contributed by atoms with Crippen LogP contribution in [-0.2, 0) is 19.4 Å². The number of nitrogens with one attached hydrogen (secondary N) is 1. The highest BCUT2D eigenvalue weighted by Crippen LogP contribution is 2.33. The molecule has 0 radical (unpaired) electrons. The fourth-order valence-corrected chi connectivity index (χ4v) is 4.19. The fourth-order valence-electron chi connectivity index (χ4n) is 2.41. The van der Waals surface area contributed by atoms with Crippen LogP contribution < -0.4 is 10.2 Å². The van der Waals surface area contributed by atoms with Gasteiger partial charge < -0.3 is 10.2 Å². The number of fused-ring (bicyclic) bond motifs is 1. The molecule has 0 saturated carbocycles. The maximum atomic E-state index is 12.7. The van der Waals surface area contributed by atoms with Gasteiger partial charge in [0.05, 0.1) is 10.6 Å². The first kappa shape index (κ1) is 15.2. The predicted molar refractivity (Wildman–Crippen MR) is 83.7 cm³/mol. The Kier molecular flexibility index (Phi) is 3.61. The lowest BCUT2D eigenvalue weighted by Crippen LogP contribution is -2.51. The van der Waals surface area contributed by atoms with Crippen LogP contribution in [0.3, 0.4) is 0 Å². The number of aromatic nitrogens is 1. The Bertz CT molecular complexity index is 881. The van der Waals surface area contributed by atoms with Crippen molar-refractivity contribution in [3.8, 4) is 0 Å². The average Bonchev–Trinajstić information content (AvgIpc) is 2.54. The summed E-state index contributed by atoms with van der Waals surface area (Å²) in [5, 5.41) is 0.543. The molecule has 3 rings (SSSR count). The van der Waals surface area contributed by atoms with E-state index >= 15 is 0 Å². The quantitative estimate of drug-likeness (QED) is 0.823. The van der Waals surface area contributed by atoms with E-state index in [2.05, 4.69) is 10.3 Å². The van der Waals surface area contributed by atoms with Crippen molar-refractivity contribution in [3.05, 3.63) is 48.7 Å². The number of anilines is 2. The normalized spacial score (nSPS) is 19.1. The van der Waals surface area contributed by atoms with Crippen LogP contribution in [0, 0.1) is 0 Å². The number of carbonyl (C=O) groups is 2. The van der Waals surface area contributed by atoms with E-state index in [1.54, 1.807) is 24.3 Å². The molecule has 1 aliphatic rings. The van der Waals surface area contributed by atoms with Crippen LogP contribution in [0.1, 0.15) is 0 Å². The summed E-state index contributed by atoms with van der Waals surface area (Å²) in [6, 6.07) is 10.9. The third-order valence-electron chi connectivity index (χ3n) is 3.55. The molecule has 0 spiro atoms. The van der Waals surface area contributed by atoms with E-state index in [1.165, 1.54) is 36.3 Å². The molecule has 1 unspecified atom stereocenters. The fraction of sp³-hybridized carbons (Fsp3) is 0.133. The molecule has 118 valence electrons. The number of nitrogens with zero attached hydrogens (tertiary/aromatic N) is 2. The molecule has 0 fully saturated rings. The number of carbonyl (C=O) groups excluding carboxylic acids is 2. The summed E-state index contributed by atoms with van der Waals surface area (Å²) in [6.45, 7) is 0. The van der Waals surface area contributed by atoms with Crippen LogP contribution in [0.2, 0.25) is 0 Å². The number of hydrogen-bond acceptors (Lipinski definition) is 5. The number of hydrogen-bond donors (Lipinski definition) is 1. The molecule has 7 nitrogen and oxygen atoms in total. The van der Waals surface area contributed by atoms with Gasteiger partial charge in [0, 0.05) is 13.2 Å². The van der Waals surface area contributed by atoms with Gasteiger partial charge in [-0.05, 0) is 24.3 Å². The highest BCUT2D eigenvalue weighted by Gasteiger charge is 2.47. The second kappa shape index (κ2) is 5.47. The Morgan fingerprint density at radius 3 is 2.57 bits per heavy atom. The van der Waals surface area contributed by atoms with Crippen molar-refractivity contribution in [2.24, 2.45) is 0 Å². The minimum Gasteiger partial charge on any atom is -0.313 e. The van der Waals surface area contributed by atoms with Crippen molar-refractivity contribution in [3.63, 3.8) is 0 Å². The molecule has 1 N–H and O–H groups in total. The van der Waals surface area contributed by atoms with Gasteiger partial charge in [-0.1, -0.05) is 18.2 Å². The third kappa shape index (κ3) is 2.46. The number of benzene rings is 1. The molecule has 0 saturated heterocycles. The number of amides is 2. The zero-order chi connectivity index (χ0) is 16.6. The van der Waals surface area contributed by atoms with Gasteiger partial charge in [0.15, 0.2) is 0 Å². The minimum absolute atomic E-state index is 0.0386. The highest BCUT2D eigenvalue weighted by molar-refractivity contribution is 7.94. The lowest BCUT2D eigenvalue weighted by atomic mass is 10.2. The van der Waals surface area contributed by atoms with E-state index in [4.69, 9.17) is 0 Å². The van der Waals surface area contributed by atoms with Gasteiger partial charge in [-0.25, -0.2) is 13.4 Å². The lowest BCUT2D eigenvalue weighted by molar-refractivity contribution is -0.124. The molecule has 0 aliphatic carbocycles. The second-order valence-corrected chi connectivity index (χ2v) is 7.00. The zero-order valence-corrected chi connectivity index (χ0v) is 12.9. The number of pyridine rings is 1. The van der Waals surface area contributed by atoms with E-state index < -0.39 is 26.9 Å². The van der Waals surface area contributed by atoms with Gasteiger partial charge in [0.1, 0.15) is 5.82 Å². The van der Waals surface area contributed by atoms with Crippen molar-refractivity contribution < 1.29 is 18.0 Å². The Hall–Kier alpha value is -2.74. The van der Waals surface area contributed by atoms with Gasteiger partial charge in [-0.2, -0.15) is 0 Å². The maximum Gasteiger partial charge on any atom is 0.255 e. The second-order valence-electron chi connectivity index (χ2n) is 4.99. The topological polar surface area (TPSA) is 96.4 Å². The van der Waals surface area contributed by atoms with Crippen LogP contribution in [0.25, 0.3) is 0 Å². The Labute approximate surface area is 132 Å². The van der Waals surface area contributed by atoms with Gasteiger partial charge in [0.2, 0.25) is 15.1 Å². The molecule has 2 aromatic rings. The molecule has 1 aromatic heterocycles. The highest BCUT2D eigenvalue weighted by atomic mass is 32.2. The SMILES string of the molecule is CN1C(=O)C(C(=O)Nc2ccccn2)S(=O)(=O)c2ccccc21. The summed E-state index contributed by atoms with van der Waals surface area (Å²) in [6.07, 6.45) is 1.45. The van der Waals surface area contributed by atoms with E-state index in [9.17, 15) is 18.0 Å². The van der Waals surface area contributed by atoms with Crippen molar-refractivity contribution in [1.29, 1.82) is 0 Å². The molecule has 2 heterocycles. The summed E-state index contributed by atoms with van der Waals surface area (Å²) in [7, 11) is -2.67. The van der Waals surface area contributed by atoms with Crippen LogP contribution in [0.15, 0.2) is 53.6 Å². The average molecular weight is 331 g/mol. The summed E-state index contributed by atoms with van der Waals surface area (Å²) in [5.41, 5.74) is 0.263. The molecular formula is C15H13N3O4S. The minimum atomic E-state index is -4.12. The molecule has 0 bridgehead atoms. The summed E-state index contributed by atoms with van der Waals surface area (Å²) >= 11 is 0. The number of rotatable bonds is 2. The van der Waals surface area contributed by atoms with E-state index in [0.717, 1.165) is 0 Å². The molecule has 2 amide bonds. The van der Waals surface area contributed by atoms with E-state index in [1.807, 2.05) is 0 Å². The zero-order valence-electron chi connectivity index (χ0n) is 12.1. The van der Waals surface area contributed by atoms with Crippen LogP contribution in [0.5, 0.6) is 0 Å². The van der Waals surface area contributed by atoms with Crippen LogP contribution in [-0.4, -0.2) is 37.5 Å². The monoisotopic (exact) mass is 331 g/mol. The molecule has 1 aliphatic heterocycles. The largest absolute Gasteiger partial charge is 0.313 e. The van der Waals surface area contributed by atoms with Crippen molar-refractivity contribution in [2.45, 2.75) is 10.1 Å². The lowest BCUT2D eigenvalue weighted by Gasteiger charge is -2.30. The number of sulfone groups is 1. The molecule has 8 heteroatoms. The van der Waals surface area contributed by atoms with Crippen molar-refractivity contribution >= 4 is 33.2 Å². The van der Waals surface area contributed by atoms with Crippen molar-refractivity contribution in [1.82, 2.24) is 4.98 Å². The van der Waals surface area contributed by atoms with E-state index in [0.29, 0.717) is 0 Å². The first-order valence-corrected chi connectivity index (χ1v) is 8.30. The number of para-hydroxylation sites is 1. The first-order chi connectivity index (χ1) is 10.9. The van der Waals surface area contributed by atoms with Crippen LogP contribution in [0.4, 0.5) is 11.5 Å². The predicted octanol–water partition coefficient (Wildman–Crippen LogP) is 0.839. The molecular weight excluding hydrogens is 318 g/mol. The Balaban J connectivity index is 2.03. The first-order valence-electron chi connectivity index (χ1n) is 6.75. The van der Waals surface area contributed by atoms with Gasteiger partial charge in [-0.15, -0.1) is 0 Å². The Morgan fingerprint density at radius 2 is 1.87 bits per heavy atom.